The van der Waals surface area contributed by atoms with Crippen molar-refractivity contribution < 1.29 is 14.7 Å². The van der Waals surface area contributed by atoms with Crippen LogP contribution in [-0.4, -0.2) is 34.4 Å². The van der Waals surface area contributed by atoms with E-state index in [1.807, 2.05) is 31.2 Å². The van der Waals surface area contributed by atoms with Gasteiger partial charge in [0.05, 0.1) is 16.2 Å². The van der Waals surface area contributed by atoms with Crippen LogP contribution in [0.3, 0.4) is 0 Å². The summed E-state index contributed by atoms with van der Waals surface area (Å²) >= 11 is 2.49. The number of carbonyl (C=O) groups excluding carboxylic acids is 1. The normalized spacial score (nSPS) is 14.3. The number of thioether (sulfide) groups is 1. The van der Waals surface area contributed by atoms with Gasteiger partial charge in [-0.2, -0.15) is 0 Å². The molecule has 1 aromatic heterocycles. The number of carboxylic acids is 1. The zero-order valence-corrected chi connectivity index (χ0v) is 16.8. The second-order valence-corrected chi connectivity index (χ2v) is 9.00. The summed E-state index contributed by atoms with van der Waals surface area (Å²) in [6, 6.07) is 7.75. The molecule has 1 heterocycles. The number of urea groups is 1. The van der Waals surface area contributed by atoms with Crippen molar-refractivity contribution in [2.24, 2.45) is 5.92 Å². The predicted molar refractivity (Wildman–Crippen MR) is 110 cm³/mol. The van der Waals surface area contributed by atoms with Crippen LogP contribution in [0, 0.1) is 12.8 Å². The first-order valence-electron chi connectivity index (χ1n) is 8.97. The molecule has 2 aromatic rings. The Morgan fingerprint density at radius 1 is 1.37 bits per heavy atom. The molecule has 1 saturated carbocycles. The Hall–Kier alpha value is -2.06. The summed E-state index contributed by atoms with van der Waals surface area (Å²) < 4.78 is 0.769. The van der Waals surface area contributed by atoms with Gasteiger partial charge in [-0.05, 0) is 43.4 Å². The first-order chi connectivity index (χ1) is 13.0. The fourth-order valence-corrected chi connectivity index (χ4v) is 4.81. The molecular formula is C19H23N3O3S2. The Morgan fingerprint density at radius 3 is 2.85 bits per heavy atom. The van der Waals surface area contributed by atoms with E-state index in [4.69, 9.17) is 5.11 Å². The standard InChI is InChI=1S/C19H23N3O3S2/c1-13-5-4-8-15(9-13)22(11-14-6-2-3-7-14)19(25)21-18-20-10-17(27-18)26-12-16(23)24/h4-5,8-10,14H,2-3,6-7,11-12H2,1H3,(H,23,24)(H,20,21,25). The van der Waals surface area contributed by atoms with E-state index in [1.54, 1.807) is 11.1 Å². The Balaban J connectivity index is 1.71. The highest BCUT2D eigenvalue weighted by molar-refractivity contribution is 8.01. The lowest BCUT2D eigenvalue weighted by Crippen LogP contribution is -2.38. The van der Waals surface area contributed by atoms with Crippen LogP contribution >= 0.6 is 23.1 Å². The van der Waals surface area contributed by atoms with Crippen LogP contribution in [0.25, 0.3) is 0 Å². The number of benzene rings is 1. The van der Waals surface area contributed by atoms with E-state index >= 15 is 0 Å². The number of carbonyl (C=O) groups is 2. The smallest absolute Gasteiger partial charge is 0.328 e. The summed E-state index contributed by atoms with van der Waals surface area (Å²) in [5, 5.41) is 12.1. The van der Waals surface area contributed by atoms with Crippen LogP contribution in [0.2, 0.25) is 0 Å². The maximum Gasteiger partial charge on any atom is 0.328 e. The molecule has 0 aliphatic heterocycles. The molecule has 1 fully saturated rings. The van der Waals surface area contributed by atoms with Crippen molar-refractivity contribution in [2.45, 2.75) is 36.8 Å². The number of hydrogen-bond donors (Lipinski definition) is 2. The highest BCUT2D eigenvalue weighted by Crippen LogP contribution is 2.30. The lowest BCUT2D eigenvalue weighted by molar-refractivity contribution is -0.133. The number of aryl methyl sites for hydroxylation is 1. The fraction of sp³-hybridized carbons (Fsp3) is 0.421. The van der Waals surface area contributed by atoms with Gasteiger partial charge in [-0.15, -0.1) is 11.8 Å². The van der Waals surface area contributed by atoms with Crippen LogP contribution in [0.1, 0.15) is 31.2 Å². The van der Waals surface area contributed by atoms with E-state index < -0.39 is 5.97 Å². The average molecular weight is 406 g/mol. The van der Waals surface area contributed by atoms with Crippen LogP contribution in [0.4, 0.5) is 15.6 Å². The zero-order valence-electron chi connectivity index (χ0n) is 15.2. The molecular weight excluding hydrogens is 382 g/mol. The van der Waals surface area contributed by atoms with Gasteiger partial charge >= 0.3 is 12.0 Å². The molecule has 0 unspecified atom stereocenters. The van der Waals surface area contributed by atoms with E-state index in [0.29, 0.717) is 17.6 Å². The summed E-state index contributed by atoms with van der Waals surface area (Å²) in [6.07, 6.45) is 6.36. The van der Waals surface area contributed by atoms with Gasteiger partial charge in [0, 0.05) is 12.2 Å². The summed E-state index contributed by atoms with van der Waals surface area (Å²) in [7, 11) is 0. The van der Waals surface area contributed by atoms with E-state index in [0.717, 1.165) is 28.3 Å². The molecule has 1 aliphatic carbocycles. The second-order valence-electron chi connectivity index (χ2n) is 6.70. The van der Waals surface area contributed by atoms with E-state index in [1.165, 1.54) is 35.9 Å². The number of aromatic nitrogens is 1. The van der Waals surface area contributed by atoms with Crippen molar-refractivity contribution >= 4 is 45.9 Å². The first kappa shape index (κ1) is 19.7. The summed E-state index contributed by atoms with van der Waals surface area (Å²) in [6.45, 7) is 2.71. The van der Waals surface area contributed by atoms with Crippen molar-refractivity contribution in [3.63, 3.8) is 0 Å². The maximum atomic E-state index is 13.0. The summed E-state index contributed by atoms with van der Waals surface area (Å²) in [4.78, 5) is 29.7. The number of thiazole rings is 1. The van der Waals surface area contributed by atoms with Crippen LogP contribution in [-0.2, 0) is 4.79 Å². The minimum absolute atomic E-state index is 0.0212. The van der Waals surface area contributed by atoms with Crippen LogP contribution in [0.5, 0.6) is 0 Å². The highest BCUT2D eigenvalue weighted by atomic mass is 32.2. The molecule has 1 aliphatic rings. The average Bonchev–Trinajstić information content (AvgIpc) is 3.29. The van der Waals surface area contributed by atoms with Crippen molar-refractivity contribution in [1.82, 2.24) is 4.98 Å². The molecule has 144 valence electrons. The third-order valence-corrected chi connectivity index (χ3v) is 6.60. The highest BCUT2D eigenvalue weighted by Gasteiger charge is 2.24. The van der Waals surface area contributed by atoms with Crippen molar-refractivity contribution in [1.29, 1.82) is 0 Å². The molecule has 0 radical (unpaired) electrons. The summed E-state index contributed by atoms with van der Waals surface area (Å²) in [5.74, 6) is -0.373. The minimum atomic E-state index is -0.874. The molecule has 0 bridgehead atoms. The molecule has 0 saturated heterocycles. The lowest BCUT2D eigenvalue weighted by atomic mass is 10.1. The van der Waals surface area contributed by atoms with Crippen molar-refractivity contribution in [2.75, 3.05) is 22.5 Å². The topological polar surface area (TPSA) is 82.5 Å². The number of aliphatic carboxylic acids is 1. The molecule has 0 atom stereocenters. The monoisotopic (exact) mass is 405 g/mol. The molecule has 6 nitrogen and oxygen atoms in total. The predicted octanol–water partition coefficient (Wildman–Crippen LogP) is 4.86. The van der Waals surface area contributed by atoms with Gasteiger partial charge in [0.2, 0.25) is 0 Å². The van der Waals surface area contributed by atoms with Gasteiger partial charge in [-0.1, -0.05) is 36.3 Å². The molecule has 0 spiro atoms. The number of nitrogens with zero attached hydrogens (tertiary/aromatic N) is 2. The third kappa shape index (κ3) is 5.71. The molecule has 2 N–H and O–H groups in total. The Bertz CT molecular complexity index is 803. The Labute approximate surface area is 167 Å². The molecule has 27 heavy (non-hydrogen) atoms. The van der Waals surface area contributed by atoms with Gasteiger partial charge < -0.3 is 5.11 Å². The molecule has 8 heteroatoms. The third-order valence-electron chi connectivity index (χ3n) is 4.51. The number of nitrogens with one attached hydrogen (secondary N) is 1. The van der Waals surface area contributed by atoms with Crippen LogP contribution in [0.15, 0.2) is 34.7 Å². The van der Waals surface area contributed by atoms with Gasteiger partial charge in [-0.25, -0.2) is 9.78 Å². The Kier molecular flexibility index (Phi) is 6.73. The second kappa shape index (κ2) is 9.23. The van der Waals surface area contributed by atoms with E-state index in [9.17, 15) is 9.59 Å². The minimum Gasteiger partial charge on any atom is -0.481 e. The van der Waals surface area contributed by atoms with Gasteiger partial charge in [0.1, 0.15) is 0 Å². The summed E-state index contributed by atoms with van der Waals surface area (Å²) in [5.41, 5.74) is 2.00. The number of rotatable bonds is 7. The number of hydrogen-bond acceptors (Lipinski definition) is 5. The fourth-order valence-electron chi connectivity index (χ4n) is 3.23. The quantitative estimate of drug-likeness (QED) is 0.643. The van der Waals surface area contributed by atoms with Gasteiger partial charge in [-0.3, -0.25) is 15.0 Å². The number of amides is 2. The van der Waals surface area contributed by atoms with Gasteiger partial charge in [0.15, 0.2) is 5.13 Å². The van der Waals surface area contributed by atoms with Crippen molar-refractivity contribution in [3.8, 4) is 0 Å². The van der Waals surface area contributed by atoms with Crippen LogP contribution < -0.4 is 10.2 Å². The molecule has 1 aromatic carbocycles. The first-order valence-corrected chi connectivity index (χ1v) is 10.8. The lowest BCUT2D eigenvalue weighted by Gasteiger charge is -2.26. The van der Waals surface area contributed by atoms with Crippen molar-refractivity contribution in [3.05, 3.63) is 36.0 Å². The molecule has 2 amide bonds. The zero-order chi connectivity index (χ0) is 19.2. The maximum absolute atomic E-state index is 13.0. The number of anilines is 2. The number of carboxylic acid groups (broad SMARTS) is 1. The van der Waals surface area contributed by atoms with E-state index in [2.05, 4.69) is 10.3 Å². The SMILES string of the molecule is Cc1cccc(N(CC2CCCC2)C(=O)Nc2ncc(SCC(=O)O)s2)c1. The Morgan fingerprint density at radius 2 is 2.15 bits per heavy atom. The van der Waals surface area contributed by atoms with Gasteiger partial charge in [0.25, 0.3) is 0 Å². The molecule has 3 rings (SSSR count). The largest absolute Gasteiger partial charge is 0.481 e. The van der Waals surface area contributed by atoms with E-state index in [-0.39, 0.29) is 11.8 Å².